The number of amides is 1. The van der Waals surface area contributed by atoms with Gasteiger partial charge in [-0.2, -0.15) is 0 Å². The van der Waals surface area contributed by atoms with Crippen molar-refractivity contribution >= 4 is 5.91 Å². The Morgan fingerprint density at radius 1 is 1.26 bits per heavy atom. The molecule has 0 saturated heterocycles. The number of hydrogen-bond acceptors (Lipinski definition) is 2. The molecule has 1 aliphatic rings. The van der Waals surface area contributed by atoms with E-state index in [1.165, 1.54) is 12.3 Å². The SMILES string of the molecule is O=C(NCC1(c2ccccc2F)CC1)c1ccco1. The van der Waals surface area contributed by atoms with Crippen molar-refractivity contribution < 1.29 is 13.6 Å². The van der Waals surface area contributed by atoms with E-state index in [-0.39, 0.29) is 22.9 Å². The molecule has 1 aromatic carbocycles. The predicted molar refractivity (Wildman–Crippen MR) is 68.4 cm³/mol. The van der Waals surface area contributed by atoms with Gasteiger partial charge in [-0.05, 0) is 36.6 Å². The number of benzene rings is 1. The fourth-order valence-corrected chi connectivity index (χ4v) is 2.33. The zero-order chi connectivity index (χ0) is 13.3. The minimum absolute atomic E-state index is 0.202. The summed E-state index contributed by atoms with van der Waals surface area (Å²) >= 11 is 0. The molecule has 1 aromatic heterocycles. The number of carbonyl (C=O) groups excluding carboxylic acids is 1. The van der Waals surface area contributed by atoms with Crippen LogP contribution in [0.2, 0.25) is 0 Å². The fraction of sp³-hybridized carbons (Fsp3) is 0.267. The van der Waals surface area contributed by atoms with Crippen LogP contribution in [0.3, 0.4) is 0 Å². The number of furan rings is 1. The van der Waals surface area contributed by atoms with Gasteiger partial charge in [0.2, 0.25) is 0 Å². The van der Waals surface area contributed by atoms with Gasteiger partial charge in [0.15, 0.2) is 5.76 Å². The first-order valence-electron chi connectivity index (χ1n) is 6.28. The van der Waals surface area contributed by atoms with Gasteiger partial charge in [-0.15, -0.1) is 0 Å². The van der Waals surface area contributed by atoms with Gasteiger partial charge >= 0.3 is 0 Å². The Kier molecular flexibility index (Phi) is 2.85. The molecule has 19 heavy (non-hydrogen) atoms. The highest BCUT2D eigenvalue weighted by atomic mass is 19.1. The van der Waals surface area contributed by atoms with Crippen molar-refractivity contribution in [2.75, 3.05) is 6.54 Å². The average Bonchev–Trinajstić information content (AvgIpc) is 3.00. The van der Waals surface area contributed by atoms with Gasteiger partial charge in [0.25, 0.3) is 5.91 Å². The predicted octanol–water partition coefficient (Wildman–Crippen LogP) is 2.88. The number of carbonyl (C=O) groups is 1. The normalized spacial score (nSPS) is 16.1. The summed E-state index contributed by atoms with van der Waals surface area (Å²) < 4.78 is 18.8. The Morgan fingerprint density at radius 2 is 2.05 bits per heavy atom. The van der Waals surface area contributed by atoms with Crippen LogP contribution < -0.4 is 5.32 Å². The van der Waals surface area contributed by atoms with Gasteiger partial charge < -0.3 is 9.73 Å². The van der Waals surface area contributed by atoms with E-state index in [1.807, 2.05) is 6.07 Å². The Morgan fingerprint density at radius 3 is 2.68 bits per heavy atom. The van der Waals surface area contributed by atoms with Crippen molar-refractivity contribution in [3.8, 4) is 0 Å². The molecular formula is C15H14FNO2. The first-order chi connectivity index (χ1) is 9.21. The van der Waals surface area contributed by atoms with Crippen LogP contribution in [-0.2, 0) is 5.41 Å². The highest BCUT2D eigenvalue weighted by Crippen LogP contribution is 2.48. The molecule has 0 spiro atoms. The molecule has 1 amide bonds. The number of halogens is 1. The molecule has 4 heteroatoms. The van der Waals surface area contributed by atoms with E-state index in [4.69, 9.17) is 4.42 Å². The lowest BCUT2D eigenvalue weighted by Gasteiger charge is -2.16. The zero-order valence-electron chi connectivity index (χ0n) is 10.4. The standard InChI is InChI=1S/C15H14FNO2/c16-12-5-2-1-4-11(12)15(7-8-15)10-17-14(18)13-6-3-9-19-13/h1-6,9H,7-8,10H2,(H,17,18). The molecule has 1 aliphatic carbocycles. The summed E-state index contributed by atoms with van der Waals surface area (Å²) in [6, 6.07) is 10.0. The molecular weight excluding hydrogens is 245 g/mol. The van der Waals surface area contributed by atoms with Crippen LogP contribution in [0, 0.1) is 5.82 Å². The maximum atomic E-state index is 13.8. The van der Waals surface area contributed by atoms with Gasteiger partial charge in [-0.25, -0.2) is 4.39 Å². The maximum absolute atomic E-state index is 13.8. The third-order valence-electron chi connectivity index (χ3n) is 3.63. The summed E-state index contributed by atoms with van der Waals surface area (Å²) in [5, 5.41) is 2.81. The minimum atomic E-state index is -0.257. The smallest absolute Gasteiger partial charge is 0.287 e. The molecule has 1 fully saturated rings. The molecule has 3 rings (SSSR count). The maximum Gasteiger partial charge on any atom is 0.287 e. The van der Waals surface area contributed by atoms with E-state index in [9.17, 15) is 9.18 Å². The fourth-order valence-electron chi connectivity index (χ4n) is 2.33. The van der Waals surface area contributed by atoms with E-state index in [0.717, 1.165) is 12.8 Å². The van der Waals surface area contributed by atoms with Gasteiger partial charge in [-0.1, -0.05) is 18.2 Å². The topological polar surface area (TPSA) is 42.2 Å². The lowest BCUT2D eigenvalue weighted by molar-refractivity contribution is 0.0921. The second-order valence-corrected chi connectivity index (χ2v) is 4.92. The molecule has 3 nitrogen and oxygen atoms in total. The highest BCUT2D eigenvalue weighted by Gasteiger charge is 2.46. The second-order valence-electron chi connectivity index (χ2n) is 4.92. The van der Waals surface area contributed by atoms with Crippen LogP contribution in [0.15, 0.2) is 47.1 Å². The van der Waals surface area contributed by atoms with Crippen LogP contribution in [-0.4, -0.2) is 12.5 Å². The lowest BCUT2D eigenvalue weighted by Crippen LogP contribution is -2.32. The largest absolute Gasteiger partial charge is 0.459 e. The van der Waals surface area contributed by atoms with E-state index in [0.29, 0.717) is 12.1 Å². The summed E-state index contributed by atoms with van der Waals surface area (Å²) in [6.45, 7) is 0.438. The highest BCUT2D eigenvalue weighted by molar-refractivity contribution is 5.91. The van der Waals surface area contributed by atoms with Crippen molar-refractivity contribution in [3.05, 3.63) is 59.8 Å². The summed E-state index contributed by atoms with van der Waals surface area (Å²) in [5.41, 5.74) is 0.447. The van der Waals surface area contributed by atoms with Crippen molar-refractivity contribution in [3.63, 3.8) is 0 Å². The van der Waals surface area contributed by atoms with E-state index in [2.05, 4.69) is 5.32 Å². The van der Waals surface area contributed by atoms with Crippen LogP contribution >= 0.6 is 0 Å². The molecule has 1 heterocycles. The Bertz CT molecular complexity index is 588. The average molecular weight is 259 g/mol. The Hall–Kier alpha value is -2.10. The summed E-state index contributed by atoms with van der Waals surface area (Å²) in [5.74, 6) is -0.177. The van der Waals surface area contributed by atoms with Crippen LogP contribution in [0.1, 0.15) is 29.0 Å². The Labute approximate surface area is 110 Å². The molecule has 0 atom stereocenters. The monoisotopic (exact) mass is 259 g/mol. The first-order valence-corrected chi connectivity index (χ1v) is 6.28. The van der Waals surface area contributed by atoms with E-state index in [1.54, 1.807) is 24.3 Å². The van der Waals surface area contributed by atoms with E-state index < -0.39 is 0 Å². The number of rotatable bonds is 4. The van der Waals surface area contributed by atoms with Gasteiger partial charge in [0.1, 0.15) is 5.82 Å². The molecule has 0 unspecified atom stereocenters. The first kappa shape index (κ1) is 12.0. The third kappa shape index (κ3) is 2.26. The number of hydrogen-bond donors (Lipinski definition) is 1. The molecule has 98 valence electrons. The van der Waals surface area contributed by atoms with Crippen LogP contribution in [0.25, 0.3) is 0 Å². The van der Waals surface area contributed by atoms with Gasteiger partial charge in [-0.3, -0.25) is 4.79 Å². The molecule has 0 radical (unpaired) electrons. The molecule has 0 aliphatic heterocycles. The molecule has 2 aromatic rings. The van der Waals surface area contributed by atoms with Gasteiger partial charge in [0.05, 0.1) is 6.26 Å². The van der Waals surface area contributed by atoms with Crippen LogP contribution in [0.4, 0.5) is 4.39 Å². The van der Waals surface area contributed by atoms with Gasteiger partial charge in [0, 0.05) is 12.0 Å². The summed E-state index contributed by atoms with van der Waals surface area (Å²) in [4.78, 5) is 11.8. The third-order valence-corrected chi connectivity index (χ3v) is 3.63. The quantitative estimate of drug-likeness (QED) is 0.917. The molecule has 0 bridgehead atoms. The second kappa shape index (κ2) is 4.53. The van der Waals surface area contributed by atoms with E-state index >= 15 is 0 Å². The van der Waals surface area contributed by atoms with Crippen molar-refractivity contribution in [1.82, 2.24) is 5.32 Å². The zero-order valence-corrected chi connectivity index (χ0v) is 10.4. The van der Waals surface area contributed by atoms with Crippen molar-refractivity contribution in [1.29, 1.82) is 0 Å². The number of nitrogens with one attached hydrogen (secondary N) is 1. The van der Waals surface area contributed by atoms with Crippen molar-refractivity contribution in [2.45, 2.75) is 18.3 Å². The minimum Gasteiger partial charge on any atom is -0.459 e. The molecule has 1 N–H and O–H groups in total. The molecule has 1 saturated carbocycles. The van der Waals surface area contributed by atoms with Crippen molar-refractivity contribution in [2.24, 2.45) is 0 Å². The van der Waals surface area contributed by atoms with Crippen LogP contribution in [0.5, 0.6) is 0 Å². The summed E-state index contributed by atoms with van der Waals surface area (Å²) in [6.07, 6.45) is 3.25. The Balaban J connectivity index is 1.70. The lowest BCUT2D eigenvalue weighted by atomic mass is 9.95. The summed E-state index contributed by atoms with van der Waals surface area (Å²) in [7, 11) is 0.